The van der Waals surface area contributed by atoms with Gasteiger partial charge in [0.1, 0.15) is 12.4 Å². The highest BCUT2D eigenvalue weighted by Crippen LogP contribution is 2.14. The van der Waals surface area contributed by atoms with Gasteiger partial charge in [0.15, 0.2) is 5.76 Å². The molecule has 27 heavy (non-hydrogen) atoms. The van der Waals surface area contributed by atoms with Crippen molar-refractivity contribution < 1.29 is 18.7 Å². The van der Waals surface area contributed by atoms with E-state index in [9.17, 15) is 9.59 Å². The van der Waals surface area contributed by atoms with Gasteiger partial charge in [0.05, 0.1) is 12.8 Å². The normalized spacial score (nSPS) is 10.3. The Morgan fingerprint density at radius 1 is 1.04 bits per heavy atom. The average Bonchev–Trinajstić information content (AvgIpc) is 3.23. The predicted molar refractivity (Wildman–Crippen MR) is 102 cm³/mol. The van der Waals surface area contributed by atoms with E-state index in [2.05, 4.69) is 5.32 Å². The first-order valence-corrected chi connectivity index (χ1v) is 8.52. The van der Waals surface area contributed by atoms with Crippen LogP contribution < -0.4 is 10.1 Å². The zero-order chi connectivity index (χ0) is 19.1. The first-order chi connectivity index (χ1) is 13.1. The molecule has 0 atom stereocenters. The number of benzene rings is 2. The van der Waals surface area contributed by atoms with Crippen molar-refractivity contribution in [3.8, 4) is 5.75 Å². The van der Waals surface area contributed by atoms with Crippen LogP contribution in [0.3, 0.4) is 0 Å². The van der Waals surface area contributed by atoms with Crippen LogP contribution in [0.4, 0.5) is 5.69 Å². The number of amides is 2. The number of nitrogens with zero attached hydrogens (tertiary/aromatic N) is 1. The van der Waals surface area contributed by atoms with Crippen molar-refractivity contribution in [3.63, 3.8) is 0 Å². The summed E-state index contributed by atoms with van der Waals surface area (Å²) in [7, 11) is 1.71. The monoisotopic (exact) mass is 364 g/mol. The van der Waals surface area contributed by atoms with E-state index in [-0.39, 0.29) is 17.6 Å². The van der Waals surface area contributed by atoms with Crippen molar-refractivity contribution in [1.82, 2.24) is 4.90 Å². The maximum absolute atomic E-state index is 12.6. The van der Waals surface area contributed by atoms with E-state index in [0.29, 0.717) is 24.4 Å². The van der Waals surface area contributed by atoms with E-state index in [1.165, 1.54) is 6.26 Å². The number of ether oxygens (including phenoxy) is 1. The number of hydrogen-bond donors (Lipinski definition) is 1. The third-order valence-corrected chi connectivity index (χ3v) is 3.90. The van der Waals surface area contributed by atoms with Gasteiger partial charge in [0.25, 0.3) is 11.8 Å². The average molecular weight is 364 g/mol. The Balaban J connectivity index is 1.56. The van der Waals surface area contributed by atoms with Gasteiger partial charge < -0.3 is 19.4 Å². The lowest BCUT2D eigenvalue weighted by Gasteiger charge is -2.18. The molecule has 0 aliphatic rings. The molecule has 1 N–H and O–H groups in total. The van der Waals surface area contributed by atoms with Crippen LogP contribution in [-0.4, -0.2) is 36.9 Å². The predicted octanol–water partition coefficient (Wildman–Crippen LogP) is 3.68. The number of carbonyl (C=O) groups is 2. The number of nitrogens with one attached hydrogen (secondary N) is 1. The van der Waals surface area contributed by atoms with E-state index in [1.807, 2.05) is 30.3 Å². The minimum absolute atomic E-state index is 0.152. The number of anilines is 1. The van der Waals surface area contributed by atoms with Crippen LogP contribution >= 0.6 is 0 Å². The van der Waals surface area contributed by atoms with Crippen molar-refractivity contribution in [3.05, 3.63) is 84.3 Å². The number of rotatable bonds is 7. The van der Waals surface area contributed by atoms with Crippen molar-refractivity contribution in [1.29, 1.82) is 0 Å². The molecule has 6 nitrogen and oxygen atoms in total. The van der Waals surface area contributed by atoms with Crippen LogP contribution in [0.15, 0.2) is 77.4 Å². The van der Waals surface area contributed by atoms with Gasteiger partial charge in [-0.2, -0.15) is 0 Å². The summed E-state index contributed by atoms with van der Waals surface area (Å²) in [4.78, 5) is 26.2. The molecule has 2 amide bonds. The Morgan fingerprint density at radius 2 is 1.85 bits per heavy atom. The Hall–Kier alpha value is -3.54. The van der Waals surface area contributed by atoms with Gasteiger partial charge in [0, 0.05) is 18.3 Å². The lowest BCUT2D eigenvalue weighted by molar-refractivity contribution is 0.0773. The highest BCUT2D eigenvalue weighted by atomic mass is 16.5. The number of para-hydroxylation sites is 1. The zero-order valence-electron chi connectivity index (χ0n) is 14.9. The van der Waals surface area contributed by atoms with Crippen LogP contribution in [0.1, 0.15) is 20.9 Å². The fourth-order valence-electron chi connectivity index (χ4n) is 2.47. The smallest absolute Gasteiger partial charge is 0.291 e. The van der Waals surface area contributed by atoms with Gasteiger partial charge in [0.2, 0.25) is 0 Å². The molecule has 0 bridgehead atoms. The van der Waals surface area contributed by atoms with Gasteiger partial charge in [-0.05, 0) is 42.5 Å². The third-order valence-electron chi connectivity index (χ3n) is 3.90. The molecule has 0 unspecified atom stereocenters. The number of hydrogen-bond acceptors (Lipinski definition) is 4. The standard InChI is InChI=1S/C21H20N2O4/c1-23(12-14-26-18-9-3-2-4-10-18)21(25)16-7-5-8-17(15-16)22-20(24)19-11-6-13-27-19/h2-11,13,15H,12,14H2,1H3,(H,22,24). The summed E-state index contributed by atoms with van der Waals surface area (Å²) >= 11 is 0. The molecule has 1 heterocycles. The fourth-order valence-corrected chi connectivity index (χ4v) is 2.47. The summed E-state index contributed by atoms with van der Waals surface area (Å²) in [6.07, 6.45) is 1.43. The van der Waals surface area contributed by atoms with Crippen LogP contribution in [0.5, 0.6) is 5.75 Å². The number of carbonyl (C=O) groups excluding carboxylic acids is 2. The molecule has 0 fully saturated rings. The first kappa shape index (κ1) is 18.3. The summed E-state index contributed by atoms with van der Waals surface area (Å²) in [6, 6.07) is 19.4. The van der Waals surface area contributed by atoms with Crippen LogP contribution in [0, 0.1) is 0 Å². The van der Waals surface area contributed by atoms with E-state index in [4.69, 9.17) is 9.15 Å². The van der Waals surface area contributed by atoms with E-state index >= 15 is 0 Å². The van der Waals surface area contributed by atoms with Gasteiger partial charge in [-0.1, -0.05) is 24.3 Å². The summed E-state index contributed by atoms with van der Waals surface area (Å²) in [5.41, 5.74) is 1.01. The summed E-state index contributed by atoms with van der Waals surface area (Å²) in [5, 5.41) is 2.72. The summed E-state index contributed by atoms with van der Waals surface area (Å²) < 4.78 is 10.7. The van der Waals surface area contributed by atoms with E-state index in [1.54, 1.807) is 48.3 Å². The Labute approximate surface area is 157 Å². The minimum Gasteiger partial charge on any atom is -0.492 e. The maximum atomic E-state index is 12.6. The molecule has 3 rings (SSSR count). The lowest BCUT2D eigenvalue weighted by Crippen LogP contribution is -2.30. The van der Waals surface area contributed by atoms with Crippen molar-refractivity contribution in [2.75, 3.05) is 25.5 Å². The molecular formula is C21H20N2O4. The van der Waals surface area contributed by atoms with E-state index in [0.717, 1.165) is 5.75 Å². The van der Waals surface area contributed by atoms with Crippen LogP contribution in [0.25, 0.3) is 0 Å². The van der Waals surface area contributed by atoms with Crippen molar-refractivity contribution >= 4 is 17.5 Å². The molecule has 138 valence electrons. The lowest BCUT2D eigenvalue weighted by atomic mass is 10.1. The second-order valence-corrected chi connectivity index (χ2v) is 5.90. The summed E-state index contributed by atoms with van der Waals surface area (Å²) in [5.74, 6) is 0.456. The van der Waals surface area contributed by atoms with Crippen molar-refractivity contribution in [2.24, 2.45) is 0 Å². The van der Waals surface area contributed by atoms with E-state index < -0.39 is 0 Å². The van der Waals surface area contributed by atoms with Crippen LogP contribution in [-0.2, 0) is 0 Å². The Kier molecular flexibility index (Phi) is 5.89. The zero-order valence-corrected chi connectivity index (χ0v) is 14.9. The summed E-state index contributed by atoms with van der Waals surface area (Å²) in [6.45, 7) is 0.831. The third kappa shape index (κ3) is 4.98. The molecule has 0 saturated heterocycles. The quantitative estimate of drug-likeness (QED) is 0.694. The molecule has 0 radical (unpaired) electrons. The molecule has 3 aromatic rings. The number of furan rings is 1. The molecule has 2 aromatic carbocycles. The second-order valence-electron chi connectivity index (χ2n) is 5.90. The maximum Gasteiger partial charge on any atom is 0.291 e. The van der Waals surface area contributed by atoms with Crippen LogP contribution in [0.2, 0.25) is 0 Å². The van der Waals surface area contributed by atoms with Crippen molar-refractivity contribution in [2.45, 2.75) is 0 Å². The van der Waals surface area contributed by atoms with Gasteiger partial charge in [-0.25, -0.2) is 0 Å². The minimum atomic E-state index is -0.366. The molecule has 0 saturated carbocycles. The van der Waals surface area contributed by atoms with Gasteiger partial charge in [-0.3, -0.25) is 9.59 Å². The second kappa shape index (κ2) is 8.71. The highest BCUT2D eigenvalue weighted by molar-refractivity contribution is 6.03. The highest BCUT2D eigenvalue weighted by Gasteiger charge is 2.14. The molecule has 1 aromatic heterocycles. The number of likely N-dealkylation sites (N-methyl/N-ethyl adjacent to an activating group) is 1. The molecule has 0 spiro atoms. The Bertz CT molecular complexity index is 892. The van der Waals surface area contributed by atoms with Gasteiger partial charge >= 0.3 is 0 Å². The molecule has 0 aliphatic heterocycles. The largest absolute Gasteiger partial charge is 0.492 e. The van der Waals surface area contributed by atoms with Gasteiger partial charge in [-0.15, -0.1) is 0 Å². The molecular weight excluding hydrogens is 344 g/mol. The Morgan fingerprint density at radius 3 is 2.59 bits per heavy atom. The SMILES string of the molecule is CN(CCOc1ccccc1)C(=O)c1cccc(NC(=O)c2ccco2)c1. The molecule has 6 heteroatoms. The topological polar surface area (TPSA) is 71.8 Å². The fraction of sp³-hybridized carbons (Fsp3) is 0.143. The molecule has 0 aliphatic carbocycles. The first-order valence-electron chi connectivity index (χ1n) is 8.52.